The van der Waals surface area contributed by atoms with Crippen LogP contribution in [0.3, 0.4) is 0 Å². The number of hydrogen-bond acceptors (Lipinski definition) is 3. The van der Waals surface area contributed by atoms with Crippen LogP contribution in [-0.4, -0.2) is 24.5 Å². The van der Waals surface area contributed by atoms with Crippen LogP contribution in [0.5, 0.6) is 11.5 Å². The van der Waals surface area contributed by atoms with Gasteiger partial charge in [-0.05, 0) is 18.2 Å². The summed E-state index contributed by atoms with van der Waals surface area (Å²) in [4.78, 5) is 0. The Morgan fingerprint density at radius 2 is 2.12 bits per heavy atom. The second-order valence-corrected chi connectivity index (χ2v) is 3.80. The summed E-state index contributed by atoms with van der Waals surface area (Å²) >= 11 is 0. The molecule has 94 valence electrons. The maximum atomic E-state index is 12.5. The number of methoxy groups -OCH3 is 1. The molecule has 1 aliphatic rings. The Morgan fingerprint density at radius 3 is 2.71 bits per heavy atom. The highest BCUT2D eigenvalue weighted by atomic mass is 19.4. The third-order valence-corrected chi connectivity index (χ3v) is 2.65. The van der Waals surface area contributed by atoms with Crippen molar-refractivity contribution in [3.63, 3.8) is 0 Å². The van der Waals surface area contributed by atoms with Crippen LogP contribution in [0.1, 0.15) is 18.1 Å². The van der Waals surface area contributed by atoms with Gasteiger partial charge in [-0.2, -0.15) is 13.2 Å². The highest BCUT2D eigenvalue weighted by Crippen LogP contribution is 2.41. The molecule has 2 rings (SSSR count). The molecule has 0 aliphatic carbocycles. The number of aliphatic hydroxyl groups excluding tert-OH is 1. The molecule has 17 heavy (non-hydrogen) atoms. The van der Waals surface area contributed by atoms with E-state index >= 15 is 0 Å². The summed E-state index contributed by atoms with van der Waals surface area (Å²) in [7, 11) is 1.44. The summed E-state index contributed by atoms with van der Waals surface area (Å²) in [6.45, 7) is 0. The van der Waals surface area contributed by atoms with Crippen LogP contribution < -0.4 is 9.47 Å². The van der Waals surface area contributed by atoms with Gasteiger partial charge < -0.3 is 14.6 Å². The molecule has 0 fully saturated rings. The van der Waals surface area contributed by atoms with Gasteiger partial charge in [-0.15, -0.1) is 0 Å². The standard InChI is InChI=1S/C11H11F3O3/c1-16-6-2-3-9-7(4-6)8(15)5-10(17-9)11(12,13)14/h2-4,8,10,15H,5H2,1H3/t8-,10-/m1/s1. The average Bonchev–Trinajstić information content (AvgIpc) is 2.27. The second-order valence-electron chi connectivity index (χ2n) is 3.80. The average molecular weight is 248 g/mol. The number of ether oxygens (including phenoxy) is 2. The molecule has 6 heteroatoms. The molecule has 1 aliphatic heterocycles. The van der Waals surface area contributed by atoms with Gasteiger partial charge >= 0.3 is 6.18 Å². The Labute approximate surface area is 95.8 Å². The van der Waals surface area contributed by atoms with Gasteiger partial charge in [0.05, 0.1) is 13.2 Å². The van der Waals surface area contributed by atoms with Crippen molar-refractivity contribution in [1.29, 1.82) is 0 Å². The fourth-order valence-corrected chi connectivity index (χ4v) is 1.75. The number of alkyl halides is 3. The molecule has 0 saturated heterocycles. The third-order valence-electron chi connectivity index (χ3n) is 2.65. The third kappa shape index (κ3) is 2.31. The lowest BCUT2D eigenvalue weighted by molar-refractivity contribution is -0.207. The Bertz CT molecular complexity index is 417. The fraction of sp³-hybridized carbons (Fsp3) is 0.455. The van der Waals surface area contributed by atoms with Gasteiger partial charge in [-0.1, -0.05) is 0 Å². The fourth-order valence-electron chi connectivity index (χ4n) is 1.75. The van der Waals surface area contributed by atoms with Crippen molar-refractivity contribution in [2.75, 3.05) is 7.11 Å². The lowest BCUT2D eigenvalue weighted by Crippen LogP contribution is -2.38. The van der Waals surface area contributed by atoms with E-state index in [9.17, 15) is 18.3 Å². The first-order valence-corrected chi connectivity index (χ1v) is 5.01. The molecule has 0 radical (unpaired) electrons. The zero-order valence-corrected chi connectivity index (χ0v) is 8.99. The van der Waals surface area contributed by atoms with Crippen molar-refractivity contribution in [3.05, 3.63) is 23.8 Å². The summed E-state index contributed by atoms with van der Waals surface area (Å²) in [5.41, 5.74) is 0.324. The first kappa shape index (κ1) is 12.0. The van der Waals surface area contributed by atoms with Gasteiger partial charge in [0.15, 0.2) is 6.10 Å². The predicted octanol–water partition coefficient (Wildman–Crippen LogP) is 2.44. The molecule has 0 unspecified atom stereocenters. The molecule has 0 bridgehead atoms. The normalized spacial score (nSPS) is 23.8. The number of halogens is 3. The zero-order valence-electron chi connectivity index (χ0n) is 8.99. The maximum absolute atomic E-state index is 12.5. The van der Waals surface area contributed by atoms with E-state index in [4.69, 9.17) is 9.47 Å². The minimum Gasteiger partial charge on any atom is -0.497 e. The molecule has 0 saturated carbocycles. The van der Waals surface area contributed by atoms with E-state index in [1.165, 1.54) is 25.3 Å². The Morgan fingerprint density at radius 1 is 1.41 bits per heavy atom. The highest BCUT2D eigenvalue weighted by molar-refractivity contribution is 5.43. The number of hydrogen-bond donors (Lipinski definition) is 1. The lowest BCUT2D eigenvalue weighted by atomic mass is 9.98. The summed E-state index contributed by atoms with van der Waals surface area (Å²) < 4.78 is 47.2. The summed E-state index contributed by atoms with van der Waals surface area (Å²) in [6, 6.07) is 4.34. The highest BCUT2D eigenvalue weighted by Gasteiger charge is 2.45. The minimum atomic E-state index is -4.47. The van der Waals surface area contributed by atoms with Gasteiger partial charge in [0.1, 0.15) is 11.5 Å². The van der Waals surface area contributed by atoms with Gasteiger partial charge in [0.25, 0.3) is 0 Å². The van der Waals surface area contributed by atoms with Gasteiger partial charge in [-0.25, -0.2) is 0 Å². The van der Waals surface area contributed by atoms with E-state index in [2.05, 4.69) is 0 Å². The molecule has 0 aromatic heterocycles. The van der Waals surface area contributed by atoms with Crippen molar-refractivity contribution in [2.45, 2.75) is 24.8 Å². The number of benzene rings is 1. The molecule has 2 atom stereocenters. The van der Waals surface area contributed by atoms with Crippen molar-refractivity contribution in [3.8, 4) is 11.5 Å². The second kappa shape index (κ2) is 4.10. The molecule has 1 heterocycles. The Kier molecular flexibility index (Phi) is 2.91. The lowest BCUT2D eigenvalue weighted by Gasteiger charge is -2.30. The summed E-state index contributed by atoms with van der Waals surface area (Å²) in [5.74, 6) is 0.517. The molecule has 3 nitrogen and oxygen atoms in total. The molecule has 0 spiro atoms. The van der Waals surface area contributed by atoms with Crippen molar-refractivity contribution < 1.29 is 27.8 Å². The van der Waals surface area contributed by atoms with Crippen LogP contribution >= 0.6 is 0 Å². The first-order chi connectivity index (χ1) is 7.91. The van der Waals surface area contributed by atoms with Crippen molar-refractivity contribution in [1.82, 2.24) is 0 Å². The number of fused-ring (bicyclic) bond motifs is 1. The van der Waals surface area contributed by atoms with Gasteiger partial charge in [0.2, 0.25) is 0 Å². The Hall–Kier alpha value is -1.43. The van der Waals surface area contributed by atoms with Gasteiger partial charge in [0, 0.05) is 12.0 Å². The number of rotatable bonds is 1. The molecular weight excluding hydrogens is 237 g/mol. The van der Waals surface area contributed by atoms with Crippen LogP contribution in [0.4, 0.5) is 13.2 Å². The largest absolute Gasteiger partial charge is 0.497 e. The molecule has 1 aromatic rings. The van der Waals surface area contributed by atoms with E-state index in [1.807, 2.05) is 0 Å². The maximum Gasteiger partial charge on any atom is 0.425 e. The number of aliphatic hydroxyl groups is 1. The molecular formula is C11H11F3O3. The summed E-state index contributed by atoms with van der Waals surface area (Å²) in [6.07, 6.45) is -8.12. The summed E-state index contributed by atoms with van der Waals surface area (Å²) in [5, 5.41) is 9.68. The van der Waals surface area contributed by atoms with E-state index in [-0.39, 0.29) is 5.75 Å². The van der Waals surface area contributed by atoms with E-state index in [0.29, 0.717) is 11.3 Å². The van der Waals surface area contributed by atoms with Crippen LogP contribution in [0.15, 0.2) is 18.2 Å². The Balaban J connectivity index is 2.32. The van der Waals surface area contributed by atoms with Crippen LogP contribution in [0.2, 0.25) is 0 Å². The zero-order chi connectivity index (χ0) is 12.6. The smallest absolute Gasteiger partial charge is 0.425 e. The topological polar surface area (TPSA) is 38.7 Å². The van der Waals surface area contributed by atoms with Gasteiger partial charge in [-0.3, -0.25) is 0 Å². The minimum absolute atomic E-state index is 0.0480. The van der Waals surface area contributed by atoms with Crippen LogP contribution in [-0.2, 0) is 0 Å². The van der Waals surface area contributed by atoms with E-state index in [0.717, 1.165) is 0 Å². The monoisotopic (exact) mass is 248 g/mol. The van der Waals surface area contributed by atoms with Crippen LogP contribution in [0, 0.1) is 0 Å². The molecule has 0 amide bonds. The van der Waals surface area contributed by atoms with Crippen molar-refractivity contribution in [2.24, 2.45) is 0 Å². The molecule has 1 aromatic carbocycles. The first-order valence-electron chi connectivity index (χ1n) is 5.01. The van der Waals surface area contributed by atoms with E-state index in [1.54, 1.807) is 0 Å². The predicted molar refractivity (Wildman–Crippen MR) is 53.0 cm³/mol. The SMILES string of the molecule is COc1ccc2c(c1)[C@H](O)C[C@H](C(F)(F)F)O2. The van der Waals surface area contributed by atoms with Crippen molar-refractivity contribution >= 4 is 0 Å². The molecule has 1 N–H and O–H groups in total. The van der Waals surface area contributed by atoms with E-state index < -0.39 is 24.8 Å². The van der Waals surface area contributed by atoms with Crippen LogP contribution in [0.25, 0.3) is 0 Å². The quantitative estimate of drug-likeness (QED) is 0.829.